The van der Waals surface area contributed by atoms with Gasteiger partial charge in [-0.25, -0.2) is 4.79 Å². The second-order valence-corrected chi connectivity index (χ2v) is 4.14. The van der Waals surface area contributed by atoms with Gasteiger partial charge in [-0.15, -0.1) is 0 Å². The molecule has 6 nitrogen and oxygen atoms in total. The Labute approximate surface area is 118 Å². The summed E-state index contributed by atoms with van der Waals surface area (Å²) in [5.41, 5.74) is -0.245. The van der Waals surface area contributed by atoms with E-state index in [0.29, 0.717) is 0 Å². The van der Waals surface area contributed by atoms with Crippen LogP contribution in [0.2, 0.25) is 10.0 Å². The number of carbonyl (C=O) groups excluding carboxylic acids is 1. The average molecular weight is 303 g/mol. The van der Waals surface area contributed by atoms with Crippen molar-refractivity contribution in [3.05, 3.63) is 27.7 Å². The molecule has 0 atom stereocenters. The summed E-state index contributed by atoms with van der Waals surface area (Å²) in [5, 5.41) is 19.6. The molecule has 0 bridgehead atoms. The maximum atomic E-state index is 11.2. The van der Waals surface area contributed by atoms with E-state index in [1.165, 1.54) is 6.07 Å². The molecule has 0 heterocycles. The molecule has 0 aliphatic carbocycles. The molecule has 0 fully saturated rings. The van der Waals surface area contributed by atoms with Gasteiger partial charge in [0.1, 0.15) is 12.1 Å². The molecule has 0 aliphatic heterocycles. The molecule has 0 saturated carbocycles. The van der Waals surface area contributed by atoms with Crippen LogP contribution in [0.3, 0.4) is 0 Å². The number of benzene rings is 1. The summed E-state index contributed by atoms with van der Waals surface area (Å²) in [5.74, 6) is -1.99. The van der Waals surface area contributed by atoms with Crippen molar-refractivity contribution in [2.24, 2.45) is 0 Å². The van der Waals surface area contributed by atoms with Gasteiger partial charge in [0.15, 0.2) is 12.4 Å². The van der Waals surface area contributed by atoms with Crippen molar-refractivity contribution in [3.63, 3.8) is 0 Å². The minimum Gasteiger partial charge on any atom is -0.481 e. The lowest BCUT2D eigenvalue weighted by Crippen LogP contribution is -2.29. The number of carboxylic acids is 1. The summed E-state index contributed by atoms with van der Waals surface area (Å²) in [4.78, 5) is 22.2. The number of nitrogens with one attached hydrogen (secondary N) is 1. The lowest BCUT2D eigenvalue weighted by atomic mass is 10.2. The van der Waals surface area contributed by atoms with Crippen LogP contribution in [-0.4, -0.2) is 30.1 Å². The number of halogens is 2. The molecule has 0 saturated heterocycles. The Morgan fingerprint density at radius 3 is 2.68 bits per heavy atom. The van der Waals surface area contributed by atoms with Gasteiger partial charge in [-0.2, -0.15) is 5.26 Å². The van der Waals surface area contributed by atoms with Crippen LogP contribution >= 0.6 is 23.2 Å². The number of nitriles is 1. The minimum atomic E-state index is -1.28. The third kappa shape index (κ3) is 4.32. The van der Waals surface area contributed by atoms with Crippen LogP contribution < -0.4 is 10.1 Å². The molecule has 0 aliphatic rings. The van der Waals surface area contributed by atoms with E-state index in [0.717, 1.165) is 6.07 Å². The Balaban J connectivity index is 2.86. The molecule has 1 rings (SSSR count). The third-order valence-electron chi connectivity index (χ3n) is 1.95. The average Bonchev–Trinajstić information content (AvgIpc) is 2.34. The van der Waals surface area contributed by atoms with Crippen LogP contribution in [0.1, 0.15) is 10.4 Å². The summed E-state index contributed by atoms with van der Waals surface area (Å²) in [6.07, 6.45) is 0. The molecule has 0 radical (unpaired) electrons. The number of rotatable bonds is 5. The van der Waals surface area contributed by atoms with Gasteiger partial charge < -0.3 is 15.2 Å². The highest BCUT2D eigenvalue weighted by Gasteiger charge is 2.17. The first-order chi connectivity index (χ1) is 8.95. The second kappa shape index (κ2) is 6.83. The Morgan fingerprint density at radius 2 is 2.11 bits per heavy atom. The summed E-state index contributed by atoms with van der Waals surface area (Å²) < 4.78 is 5.05. The Kier molecular flexibility index (Phi) is 5.42. The number of carbonyl (C=O) groups is 2. The molecule has 8 heteroatoms. The van der Waals surface area contributed by atoms with Crippen LogP contribution in [0.4, 0.5) is 0 Å². The molecule has 0 aromatic heterocycles. The Hall–Kier alpha value is -1.97. The summed E-state index contributed by atoms with van der Waals surface area (Å²) in [6.45, 7) is -0.619. The molecule has 2 N–H and O–H groups in total. The first kappa shape index (κ1) is 15.1. The van der Waals surface area contributed by atoms with E-state index in [1.54, 1.807) is 6.07 Å². The number of carboxylic acid groups (broad SMARTS) is 1. The zero-order valence-electron chi connectivity index (χ0n) is 9.44. The van der Waals surface area contributed by atoms with Gasteiger partial charge in [0.05, 0.1) is 11.1 Å². The normalized spacial score (nSPS) is 9.53. The van der Waals surface area contributed by atoms with Crippen molar-refractivity contribution in [2.45, 2.75) is 0 Å². The summed E-state index contributed by atoms with van der Waals surface area (Å²) in [6, 6.07) is 4.19. The van der Waals surface area contributed by atoms with Crippen LogP contribution in [0, 0.1) is 11.3 Å². The summed E-state index contributed by atoms with van der Waals surface area (Å²) in [7, 11) is 0. The Bertz CT molecular complexity index is 554. The fraction of sp³-hybridized carbons (Fsp3) is 0.182. The highest BCUT2D eigenvalue weighted by Crippen LogP contribution is 2.32. The molecule has 1 aromatic carbocycles. The van der Waals surface area contributed by atoms with E-state index in [2.05, 4.69) is 5.32 Å². The minimum absolute atomic E-state index is 0.0158. The fourth-order valence-corrected chi connectivity index (χ4v) is 1.74. The van der Waals surface area contributed by atoms with Gasteiger partial charge in [0.25, 0.3) is 5.91 Å². The number of amides is 1. The lowest BCUT2D eigenvalue weighted by molar-refractivity contribution is -0.122. The molecule has 0 unspecified atom stereocenters. The molecule has 1 aromatic rings. The van der Waals surface area contributed by atoms with Crippen molar-refractivity contribution in [1.29, 1.82) is 5.26 Å². The monoisotopic (exact) mass is 302 g/mol. The zero-order chi connectivity index (χ0) is 14.4. The molecule has 100 valence electrons. The smallest absolute Gasteiger partial charge is 0.339 e. The zero-order valence-corrected chi connectivity index (χ0v) is 11.0. The van der Waals surface area contributed by atoms with Crippen molar-refractivity contribution in [1.82, 2.24) is 5.32 Å². The fourth-order valence-electron chi connectivity index (χ4n) is 1.19. The van der Waals surface area contributed by atoms with E-state index < -0.39 is 18.5 Å². The maximum Gasteiger partial charge on any atom is 0.339 e. The van der Waals surface area contributed by atoms with Crippen molar-refractivity contribution in [3.8, 4) is 11.8 Å². The third-order valence-corrected chi connectivity index (χ3v) is 2.45. The van der Waals surface area contributed by atoms with E-state index in [1.807, 2.05) is 0 Å². The van der Waals surface area contributed by atoms with E-state index in [9.17, 15) is 9.59 Å². The van der Waals surface area contributed by atoms with Gasteiger partial charge in [0, 0.05) is 5.02 Å². The van der Waals surface area contributed by atoms with Gasteiger partial charge >= 0.3 is 5.97 Å². The van der Waals surface area contributed by atoms with Crippen LogP contribution in [0.5, 0.6) is 5.75 Å². The van der Waals surface area contributed by atoms with E-state index in [-0.39, 0.29) is 27.9 Å². The van der Waals surface area contributed by atoms with Gasteiger partial charge in [-0.3, -0.25) is 4.79 Å². The second-order valence-electron chi connectivity index (χ2n) is 3.29. The number of hydrogen-bond donors (Lipinski definition) is 2. The SMILES string of the molecule is N#CCNC(=O)COc1c(Cl)cc(Cl)cc1C(=O)O. The largest absolute Gasteiger partial charge is 0.481 e. The van der Waals surface area contributed by atoms with Crippen molar-refractivity contribution >= 4 is 35.1 Å². The first-order valence-corrected chi connectivity index (χ1v) is 5.70. The van der Waals surface area contributed by atoms with E-state index in [4.69, 9.17) is 38.3 Å². The van der Waals surface area contributed by atoms with Crippen molar-refractivity contribution < 1.29 is 19.4 Å². The van der Waals surface area contributed by atoms with Crippen LogP contribution in [-0.2, 0) is 4.79 Å². The highest BCUT2D eigenvalue weighted by molar-refractivity contribution is 6.36. The maximum absolute atomic E-state index is 11.2. The van der Waals surface area contributed by atoms with Crippen molar-refractivity contribution in [2.75, 3.05) is 13.2 Å². The van der Waals surface area contributed by atoms with E-state index >= 15 is 0 Å². The van der Waals surface area contributed by atoms with Gasteiger partial charge in [0.2, 0.25) is 0 Å². The predicted octanol–water partition coefficient (Wildman–Crippen LogP) is 1.71. The number of aromatic carboxylic acids is 1. The predicted molar refractivity (Wildman–Crippen MR) is 67.5 cm³/mol. The molecule has 19 heavy (non-hydrogen) atoms. The molecule has 1 amide bonds. The first-order valence-electron chi connectivity index (χ1n) is 4.94. The molecule has 0 spiro atoms. The standard InChI is InChI=1S/C11H8Cl2N2O4/c12-6-3-7(11(17)18)10(8(13)4-6)19-5-9(16)15-2-1-14/h3-4H,2,5H2,(H,15,16)(H,17,18). The topological polar surface area (TPSA) is 99.4 Å². The lowest BCUT2D eigenvalue weighted by Gasteiger charge is -2.11. The Morgan fingerprint density at radius 1 is 1.42 bits per heavy atom. The summed E-state index contributed by atoms with van der Waals surface area (Å²) >= 11 is 11.5. The quantitative estimate of drug-likeness (QED) is 0.807. The van der Waals surface area contributed by atoms with Crippen LogP contribution in [0.25, 0.3) is 0 Å². The number of ether oxygens (including phenoxy) is 1. The van der Waals surface area contributed by atoms with Crippen LogP contribution in [0.15, 0.2) is 12.1 Å². The molecular weight excluding hydrogens is 295 g/mol. The number of nitrogens with zero attached hydrogens (tertiary/aromatic N) is 1. The highest BCUT2D eigenvalue weighted by atomic mass is 35.5. The number of hydrogen-bond acceptors (Lipinski definition) is 4. The van der Waals surface area contributed by atoms with Gasteiger partial charge in [-0.05, 0) is 12.1 Å². The molecular formula is C11H8Cl2N2O4. The van der Waals surface area contributed by atoms with Gasteiger partial charge in [-0.1, -0.05) is 23.2 Å².